The van der Waals surface area contributed by atoms with E-state index in [-0.39, 0.29) is 5.75 Å². The zero-order valence-corrected chi connectivity index (χ0v) is 9.11. The number of nitrogens with zero attached hydrogens (tertiary/aromatic N) is 1. The highest BCUT2D eigenvalue weighted by atomic mass is 16.3. The lowest BCUT2D eigenvalue weighted by Crippen LogP contribution is -2.40. The highest BCUT2D eigenvalue weighted by Gasteiger charge is 2.01. The number of benzene rings is 1. The van der Waals surface area contributed by atoms with Crippen molar-refractivity contribution in [2.45, 2.75) is 0 Å². The van der Waals surface area contributed by atoms with Gasteiger partial charge in [0.2, 0.25) is 0 Å². The zero-order valence-electron chi connectivity index (χ0n) is 9.11. The van der Waals surface area contributed by atoms with Gasteiger partial charge < -0.3 is 21.1 Å². The molecule has 0 saturated carbocycles. The van der Waals surface area contributed by atoms with Gasteiger partial charge in [-0.2, -0.15) is 0 Å². The monoisotopic (exact) mass is 209 g/mol. The molecule has 1 aliphatic heterocycles. The van der Waals surface area contributed by atoms with Gasteiger partial charge in [-0.25, -0.2) is 0 Å². The molecule has 0 aliphatic carbocycles. The van der Waals surface area contributed by atoms with Crippen molar-refractivity contribution < 1.29 is 5.11 Å². The van der Waals surface area contributed by atoms with E-state index < -0.39 is 0 Å². The Morgan fingerprint density at radius 1 is 1.20 bits per heavy atom. The number of nitrogens with two attached hydrogens (primary N) is 1. The molecule has 0 amide bonds. The van der Waals surface area contributed by atoms with Crippen molar-refractivity contribution >= 4 is 5.69 Å². The van der Waals surface area contributed by atoms with Crippen LogP contribution in [0.25, 0.3) is 0 Å². The molecule has 2 rings (SSSR count). The Labute approximate surface area is 90.7 Å². The summed E-state index contributed by atoms with van der Waals surface area (Å²) < 4.78 is 0. The standard InChI is InChI=1S/C6H7NO.C5H12N2/c7-5-1-3-6(8)4-2-5;1-7-4-2-6-3-5-7/h1-4,8H,7H2;6H,2-5H2,1H3. The summed E-state index contributed by atoms with van der Waals surface area (Å²) in [4.78, 5) is 2.33. The van der Waals surface area contributed by atoms with E-state index in [1.807, 2.05) is 0 Å². The summed E-state index contributed by atoms with van der Waals surface area (Å²) in [5.74, 6) is 0.249. The van der Waals surface area contributed by atoms with E-state index in [9.17, 15) is 0 Å². The average molecular weight is 209 g/mol. The normalized spacial score (nSPS) is 16.6. The van der Waals surface area contributed by atoms with Gasteiger partial charge in [0.25, 0.3) is 0 Å². The molecular formula is C11H19N3O. The first-order valence-electron chi connectivity index (χ1n) is 5.12. The molecule has 1 aromatic rings. The summed E-state index contributed by atoms with van der Waals surface area (Å²) in [6, 6.07) is 6.40. The van der Waals surface area contributed by atoms with Crippen LogP contribution in [-0.4, -0.2) is 43.2 Å². The van der Waals surface area contributed by atoms with Gasteiger partial charge in [-0.3, -0.25) is 0 Å². The van der Waals surface area contributed by atoms with Gasteiger partial charge in [-0.1, -0.05) is 0 Å². The zero-order chi connectivity index (χ0) is 11.1. The predicted octanol–water partition coefficient (Wildman–Crippen LogP) is 0.496. The summed E-state index contributed by atoms with van der Waals surface area (Å²) in [6.45, 7) is 4.74. The highest BCUT2D eigenvalue weighted by Crippen LogP contribution is 2.09. The lowest BCUT2D eigenvalue weighted by atomic mass is 10.3. The fourth-order valence-electron chi connectivity index (χ4n) is 1.25. The van der Waals surface area contributed by atoms with Crippen molar-refractivity contribution in [3.8, 4) is 5.75 Å². The average Bonchev–Trinajstić information content (AvgIpc) is 2.25. The summed E-state index contributed by atoms with van der Waals surface area (Å²) in [5.41, 5.74) is 5.98. The maximum Gasteiger partial charge on any atom is 0.115 e. The Morgan fingerprint density at radius 3 is 2.07 bits per heavy atom. The third kappa shape index (κ3) is 5.24. The summed E-state index contributed by atoms with van der Waals surface area (Å²) in [6.07, 6.45) is 0. The van der Waals surface area contributed by atoms with E-state index >= 15 is 0 Å². The topological polar surface area (TPSA) is 61.5 Å². The number of phenols is 1. The van der Waals surface area contributed by atoms with Crippen LogP contribution in [-0.2, 0) is 0 Å². The number of hydrogen-bond donors (Lipinski definition) is 3. The Kier molecular flexibility index (Phi) is 4.93. The Balaban J connectivity index is 0.000000151. The Hall–Kier alpha value is -1.26. The Morgan fingerprint density at radius 2 is 1.73 bits per heavy atom. The third-order valence-electron chi connectivity index (χ3n) is 2.23. The minimum Gasteiger partial charge on any atom is -0.508 e. The van der Waals surface area contributed by atoms with Gasteiger partial charge in [0.1, 0.15) is 5.75 Å². The number of aromatic hydroxyl groups is 1. The van der Waals surface area contributed by atoms with Crippen molar-refractivity contribution in [2.24, 2.45) is 0 Å². The molecule has 1 aliphatic rings. The van der Waals surface area contributed by atoms with Crippen molar-refractivity contribution in [1.82, 2.24) is 10.2 Å². The Bertz CT molecular complexity index is 247. The van der Waals surface area contributed by atoms with Crippen LogP contribution in [0, 0.1) is 0 Å². The second kappa shape index (κ2) is 6.27. The number of likely N-dealkylation sites (N-methyl/N-ethyl adjacent to an activating group) is 1. The summed E-state index contributed by atoms with van der Waals surface area (Å²) in [5, 5.41) is 12.0. The molecule has 0 aromatic heterocycles. The first-order valence-corrected chi connectivity index (χ1v) is 5.12. The van der Waals surface area contributed by atoms with Crippen molar-refractivity contribution in [2.75, 3.05) is 39.0 Å². The van der Waals surface area contributed by atoms with Gasteiger partial charge >= 0.3 is 0 Å². The molecule has 1 fully saturated rings. The van der Waals surface area contributed by atoms with Crippen LogP contribution in [0.2, 0.25) is 0 Å². The van der Waals surface area contributed by atoms with Crippen LogP contribution in [0.3, 0.4) is 0 Å². The van der Waals surface area contributed by atoms with E-state index in [1.165, 1.54) is 13.1 Å². The largest absolute Gasteiger partial charge is 0.508 e. The number of nitrogen functional groups attached to an aromatic ring is 1. The predicted molar refractivity (Wildman–Crippen MR) is 62.9 cm³/mol. The smallest absolute Gasteiger partial charge is 0.115 e. The second-order valence-corrected chi connectivity index (χ2v) is 3.64. The molecule has 0 unspecified atom stereocenters. The fraction of sp³-hybridized carbons (Fsp3) is 0.455. The third-order valence-corrected chi connectivity index (χ3v) is 2.23. The summed E-state index contributed by atoms with van der Waals surface area (Å²) in [7, 11) is 2.15. The molecule has 4 heteroatoms. The molecule has 1 saturated heterocycles. The number of hydrogen-bond acceptors (Lipinski definition) is 4. The number of nitrogens with one attached hydrogen (secondary N) is 1. The van der Waals surface area contributed by atoms with E-state index in [0.29, 0.717) is 5.69 Å². The molecule has 1 heterocycles. The van der Waals surface area contributed by atoms with Gasteiger partial charge in [-0.05, 0) is 31.3 Å². The van der Waals surface area contributed by atoms with Crippen molar-refractivity contribution in [1.29, 1.82) is 0 Å². The first kappa shape index (κ1) is 11.8. The van der Waals surface area contributed by atoms with E-state index in [1.54, 1.807) is 24.3 Å². The number of phenolic OH excluding ortho intramolecular Hbond substituents is 1. The van der Waals surface area contributed by atoms with Crippen LogP contribution in [0.4, 0.5) is 5.69 Å². The fourth-order valence-corrected chi connectivity index (χ4v) is 1.25. The van der Waals surface area contributed by atoms with Gasteiger partial charge in [0.05, 0.1) is 0 Å². The molecule has 84 valence electrons. The van der Waals surface area contributed by atoms with Gasteiger partial charge in [0, 0.05) is 31.9 Å². The molecule has 0 spiro atoms. The van der Waals surface area contributed by atoms with Crippen molar-refractivity contribution in [3.05, 3.63) is 24.3 Å². The maximum absolute atomic E-state index is 8.70. The number of rotatable bonds is 0. The van der Waals surface area contributed by atoms with Gasteiger partial charge in [-0.15, -0.1) is 0 Å². The van der Waals surface area contributed by atoms with Crippen LogP contribution in [0.5, 0.6) is 5.75 Å². The SMILES string of the molecule is CN1CCNCC1.Nc1ccc(O)cc1. The number of anilines is 1. The van der Waals surface area contributed by atoms with Crippen LogP contribution in [0.15, 0.2) is 24.3 Å². The minimum atomic E-state index is 0.249. The van der Waals surface area contributed by atoms with E-state index in [2.05, 4.69) is 17.3 Å². The molecule has 0 atom stereocenters. The number of piperazine rings is 1. The molecule has 0 radical (unpaired) electrons. The van der Waals surface area contributed by atoms with E-state index in [0.717, 1.165) is 13.1 Å². The molecule has 0 bridgehead atoms. The maximum atomic E-state index is 8.70. The minimum absolute atomic E-state index is 0.249. The molecular weight excluding hydrogens is 190 g/mol. The van der Waals surface area contributed by atoms with Crippen LogP contribution in [0.1, 0.15) is 0 Å². The second-order valence-electron chi connectivity index (χ2n) is 3.64. The van der Waals surface area contributed by atoms with Crippen LogP contribution < -0.4 is 11.1 Å². The van der Waals surface area contributed by atoms with Crippen molar-refractivity contribution in [3.63, 3.8) is 0 Å². The lowest BCUT2D eigenvalue weighted by Gasteiger charge is -2.21. The molecule has 15 heavy (non-hydrogen) atoms. The molecule has 4 nitrogen and oxygen atoms in total. The quantitative estimate of drug-likeness (QED) is 0.430. The highest BCUT2D eigenvalue weighted by molar-refractivity contribution is 5.40. The molecule has 1 aromatic carbocycles. The molecule has 4 N–H and O–H groups in total. The lowest BCUT2D eigenvalue weighted by molar-refractivity contribution is 0.291. The van der Waals surface area contributed by atoms with Crippen LogP contribution >= 0.6 is 0 Å². The first-order chi connectivity index (χ1) is 7.18. The summed E-state index contributed by atoms with van der Waals surface area (Å²) >= 11 is 0. The van der Waals surface area contributed by atoms with Gasteiger partial charge in [0.15, 0.2) is 0 Å². The van der Waals surface area contributed by atoms with E-state index in [4.69, 9.17) is 10.8 Å².